The Labute approximate surface area is 142 Å². The van der Waals surface area contributed by atoms with Crippen molar-refractivity contribution in [3.8, 4) is 0 Å². The average molecular weight is 322 g/mol. The lowest BCUT2D eigenvalue weighted by Gasteiger charge is -2.29. The van der Waals surface area contributed by atoms with E-state index >= 15 is 0 Å². The first-order valence-electron chi connectivity index (χ1n) is 8.33. The minimum Gasteiger partial charge on any atom is -0.356 e. The van der Waals surface area contributed by atoms with Gasteiger partial charge in [0.1, 0.15) is 0 Å². The lowest BCUT2D eigenvalue weighted by Crippen LogP contribution is -2.42. The second kappa shape index (κ2) is 7.30. The van der Waals surface area contributed by atoms with Gasteiger partial charge < -0.3 is 10.2 Å². The van der Waals surface area contributed by atoms with Gasteiger partial charge in [0.25, 0.3) is 0 Å². The Morgan fingerprint density at radius 2 is 1.58 bits per heavy atom. The standard InChI is InChI=1S/C20H22N2O2/c1-15(23)21-12-11-20(24)22(18-9-3-2-4-10-18)19-13-16-7-5-6-8-17(16)14-19/h2-10,19H,11-14H2,1H3,(H,21,23). The molecule has 2 aromatic rings. The van der Waals surface area contributed by atoms with Crippen molar-refractivity contribution in [2.75, 3.05) is 11.4 Å². The number of amides is 2. The fourth-order valence-corrected chi connectivity index (χ4v) is 3.33. The van der Waals surface area contributed by atoms with Gasteiger partial charge in [0.2, 0.25) is 11.8 Å². The molecule has 0 heterocycles. The van der Waals surface area contributed by atoms with E-state index in [9.17, 15) is 9.59 Å². The molecule has 0 radical (unpaired) electrons. The van der Waals surface area contributed by atoms with Crippen molar-refractivity contribution >= 4 is 17.5 Å². The van der Waals surface area contributed by atoms with Crippen molar-refractivity contribution in [3.63, 3.8) is 0 Å². The van der Waals surface area contributed by atoms with Crippen LogP contribution in [0.3, 0.4) is 0 Å². The summed E-state index contributed by atoms with van der Waals surface area (Å²) in [6.45, 7) is 1.84. The lowest BCUT2D eigenvalue weighted by atomic mass is 10.1. The molecule has 0 fully saturated rings. The van der Waals surface area contributed by atoms with Gasteiger partial charge in [-0.25, -0.2) is 0 Å². The van der Waals surface area contributed by atoms with Gasteiger partial charge in [0, 0.05) is 31.6 Å². The van der Waals surface area contributed by atoms with Crippen molar-refractivity contribution < 1.29 is 9.59 Å². The largest absolute Gasteiger partial charge is 0.356 e. The van der Waals surface area contributed by atoms with E-state index in [-0.39, 0.29) is 17.9 Å². The van der Waals surface area contributed by atoms with E-state index in [0.717, 1.165) is 18.5 Å². The van der Waals surface area contributed by atoms with Crippen LogP contribution in [0.2, 0.25) is 0 Å². The molecule has 1 aliphatic rings. The van der Waals surface area contributed by atoms with Gasteiger partial charge >= 0.3 is 0 Å². The van der Waals surface area contributed by atoms with E-state index in [2.05, 4.69) is 17.4 Å². The van der Waals surface area contributed by atoms with Gasteiger partial charge in [-0.05, 0) is 36.1 Å². The predicted molar refractivity (Wildman–Crippen MR) is 94.9 cm³/mol. The van der Waals surface area contributed by atoms with E-state index in [1.165, 1.54) is 18.1 Å². The van der Waals surface area contributed by atoms with Crippen LogP contribution in [0.15, 0.2) is 54.6 Å². The molecule has 124 valence electrons. The third kappa shape index (κ3) is 3.65. The lowest BCUT2D eigenvalue weighted by molar-refractivity contribution is -0.120. The zero-order valence-electron chi connectivity index (χ0n) is 13.9. The van der Waals surface area contributed by atoms with Gasteiger partial charge in [0.05, 0.1) is 0 Å². The molecule has 0 atom stereocenters. The average Bonchev–Trinajstić information content (AvgIpc) is 2.99. The number of fused-ring (bicyclic) bond motifs is 1. The summed E-state index contributed by atoms with van der Waals surface area (Å²) in [5.74, 6) is -0.0601. The molecule has 0 unspecified atom stereocenters. The maximum atomic E-state index is 12.8. The van der Waals surface area contributed by atoms with Gasteiger partial charge in [-0.15, -0.1) is 0 Å². The molecule has 0 aliphatic heterocycles. The molecule has 24 heavy (non-hydrogen) atoms. The van der Waals surface area contributed by atoms with Crippen LogP contribution < -0.4 is 10.2 Å². The molecule has 0 bridgehead atoms. The van der Waals surface area contributed by atoms with E-state index in [4.69, 9.17) is 0 Å². The Kier molecular flexibility index (Phi) is 4.94. The van der Waals surface area contributed by atoms with Gasteiger partial charge in [-0.1, -0.05) is 42.5 Å². The number of hydrogen-bond donors (Lipinski definition) is 1. The van der Waals surface area contributed by atoms with Crippen LogP contribution in [0.4, 0.5) is 5.69 Å². The maximum absolute atomic E-state index is 12.8. The van der Waals surface area contributed by atoms with Crippen LogP contribution in [0.25, 0.3) is 0 Å². The monoisotopic (exact) mass is 322 g/mol. The van der Waals surface area contributed by atoms with Crippen molar-refractivity contribution in [1.29, 1.82) is 0 Å². The maximum Gasteiger partial charge on any atom is 0.229 e. The second-order valence-electron chi connectivity index (χ2n) is 6.16. The van der Waals surface area contributed by atoms with Gasteiger partial charge in [-0.3, -0.25) is 9.59 Å². The quantitative estimate of drug-likeness (QED) is 0.920. The minimum absolute atomic E-state index is 0.0488. The van der Waals surface area contributed by atoms with E-state index in [0.29, 0.717) is 13.0 Å². The fourth-order valence-electron chi connectivity index (χ4n) is 3.33. The third-order valence-electron chi connectivity index (χ3n) is 4.41. The number of rotatable bonds is 5. The van der Waals surface area contributed by atoms with Gasteiger partial charge in [0.15, 0.2) is 0 Å². The number of para-hydroxylation sites is 1. The van der Waals surface area contributed by atoms with Crippen molar-refractivity contribution in [1.82, 2.24) is 5.32 Å². The second-order valence-corrected chi connectivity index (χ2v) is 6.16. The summed E-state index contributed by atoms with van der Waals surface area (Å²) in [6.07, 6.45) is 2.05. The number of benzene rings is 2. The Balaban J connectivity index is 1.79. The molecular formula is C20H22N2O2. The summed E-state index contributed by atoms with van der Waals surface area (Å²) in [5.41, 5.74) is 3.55. The Morgan fingerprint density at radius 3 is 2.17 bits per heavy atom. The third-order valence-corrected chi connectivity index (χ3v) is 4.41. The SMILES string of the molecule is CC(=O)NCCC(=O)N(c1ccccc1)C1Cc2ccccc2C1. The molecule has 3 rings (SSSR count). The van der Waals surface area contributed by atoms with E-state index in [1.54, 1.807) is 0 Å². The Hall–Kier alpha value is -2.62. The smallest absolute Gasteiger partial charge is 0.229 e. The number of hydrogen-bond acceptors (Lipinski definition) is 2. The van der Waals surface area contributed by atoms with Crippen LogP contribution in [0.1, 0.15) is 24.5 Å². The molecule has 0 spiro atoms. The molecule has 4 heteroatoms. The first-order chi connectivity index (χ1) is 11.6. The number of nitrogens with one attached hydrogen (secondary N) is 1. The zero-order valence-corrected chi connectivity index (χ0v) is 13.9. The summed E-state index contributed by atoms with van der Waals surface area (Å²) >= 11 is 0. The topological polar surface area (TPSA) is 49.4 Å². The minimum atomic E-state index is -0.109. The molecule has 0 saturated carbocycles. The Morgan fingerprint density at radius 1 is 1.00 bits per heavy atom. The molecule has 1 aliphatic carbocycles. The first-order valence-corrected chi connectivity index (χ1v) is 8.33. The molecule has 0 saturated heterocycles. The summed E-state index contributed by atoms with van der Waals surface area (Å²) in [6, 6.07) is 18.3. The highest BCUT2D eigenvalue weighted by molar-refractivity contribution is 5.94. The highest BCUT2D eigenvalue weighted by atomic mass is 16.2. The number of anilines is 1. The normalized spacial score (nSPS) is 13.4. The van der Waals surface area contributed by atoms with Gasteiger partial charge in [-0.2, -0.15) is 0 Å². The van der Waals surface area contributed by atoms with Crippen molar-refractivity contribution in [3.05, 3.63) is 65.7 Å². The summed E-state index contributed by atoms with van der Waals surface area (Å²) in [4.78, 5) is 25.8. The molecule has 2 aromatic carbocycles. The molecular weight excluding hydrogens is 300 g/mol. The zero-order chi connectivity index (χ0) is 16.9. The van der Waals surface area contributed by atoms with Crippen LogP contribution in [-0.2, 0) is 22.4 Å². The summed E-state index contributed by atoms with van der Waals surface area (Å²) in [7, 11) is 0. The number of carbonyl (C=O) groups is 2. The molecule has 4 nitrogen and oxygen atoms in total. The molecule has 2 amide bonds. The predicted octanol–water partition coefficient (Wildman–Crippen LogP) is 2.71. The summed E-state index contributed by atoms with van der Waals surface area (Å²) in [5, 5.41) is 2.70. The molecule has 0 aromatic heterocycles. The van der Waals surface area contributed by atoms with E-state index < -0.39 is 0 Å². The van der Waals surface area contributed by atoms with Crippen LogP contribution in [-0.4, -0.2) is 24.4 Å². The van der Waals surface area contributed by atoms with E-state index in [1.807, 2.05) is 47.4 Å². The molecule has 1 N–H and O–H groups in total. The van der Waals surface area contributed by atoms with Crippen molar-refractivity contribution in [2.45, 2.75) is 32.2 Å². The Bertz CT molecular complexity index is 702. The highest BCUT2D eigenvalue weighted by Crippen LogP contribution is 2.29. The number of carbonyl (C=O) groups excluding carboxylic acids is 2. The first kappa shape index (κ1) is 16.2. The van der Waals surface area contributed by atoms with Crippen molar-refractivity contribution in [2.24, 2.45) is 0 Å². The van der Waals surface area contributed by atoms with Crippen LogP contribution in [0.5, 0.6) is 0 Å². The van der Waals surface area contributed by atoms with Crippen LogP contribution >= 0.6 is 0 Å². The highest BCUT2D eigenvalue weighted by Gasteiger charge is 2.30. The number of nitrogens with zero attached hydrogens (tertiary/aromatic N) is 1. The fraction of sp³-hybridized carbons (Fsp3) is 0.300. The van der Waals surface area contributed by atoms with Crippen LogP contribution in [0, 0.1) is 0 Å². The summed E-state index contributed by atoms with van der Waals surface area (Å²) < 4.78 is 0.